The molecule has 0 unspecified atom stereocenters. The Kier molecular flexibility index (Phi) is 8.12. The molecular formula is C7H16N2O7. The Morgan fingerprint density at radius 1 is 1.06 bits per heavy atom. The summed E-state index contributed by atoms with van der Waals surface area (Å²) >= 11 is 0. The smallest absolute Gasteiger partial charge is 0.309 e. The molecule has 0 aromatic carbocycles. The van der Waals surface area contributed by atoms with Crippen LogP contribution in [0.5, 0.6) is 0 Å². The van der Waals surface area contributed by atoms with Crippen LogP contribution in [-0.4, -0.2) is 62.1 Å². The summed E-state index contributed by atoms with van der Waals surface area (Å²) in [5.41, 5.74) is 6.20. The molecule has 2 amide bonds. The SMILES string of the molecule is NC(N)=O.OCC(O)=C(O)C(O)(CO)CO. The van der Waals surface area contributed by atoms with E-state index in [-0.39, 0.29) is 0 Å². The fourth-order valence-electron chi connectivity index (χ4n) is 0.543. The number of nitrogens with two attached hydrogens (primary N) is 2. The van der Waals surface area contributed by atoms with Gasteiger partial charge in [-0.3, -0.25) is 0 Å². The van der Waals surface area contributed by atoms with E-state index in [1.807, 2.05) is 0 Å². The average Bonchev–Trinajstić information content (AvgIpc) is 2.25. The minimum Gasteiger partial charge on any atom is -0.506 e. The van der Waals surface area contributed by atoms with Crippen molar-refractivity contribution in [2.45, 2.75) is 5.60 Å². The number of aliphatic hydroxyl groups excluding tert-OH is 5. The van der Waals surface area contributed by atoms with Crippen LogP contribution in [-0.2, 0) is 0 Å². The van der Waals surface area contributed by atoms with Gasteiger partial charge in [0.05, 0.1) is 13.2 Å². The van der Waals surface area contributed by atoms with Crippen molar-refractivity contribution in [3.05, 3.63) is 11.5 Å². The zero-order valence-electron chi connectivity index (χ0n) is 8.37. The Labute approximate surface area is 90.9 Å². The van der Waals surface area contributed by atoms with Crippen molar-refractivity contribution in [3.8, 4) is 0 Å². The zero-order valence-corrected chi connectivity index (χ0v) is 8.37. The second kappa shape index (κ2) is 7.70. The van der Waals surface area contributed by atoms with Crippen LogP contribution in [0.2, 0.25) is 0 Å². The predicted molar refractivity (Wildman–Crippen MR) is 52.3 cm³/mol. The molecule has 0 saturated carbocycles. The Morgan fingerprint density at radius 3 is 1.56 bits per heavy atom. The van der Waals surface area contributed by atoms with Crippen molar-refractivity contribution in [2.24, 2.45) is 11.5 Å². The second-order valence-corrected chi connectivity index (χ2v) is 2.70. The molecule has 0 spiro atoms. The van der Waals surface area contributed by atoms with E-state index < -0.39 is 43.0 Å². The molecule has 0 aliphatic rings. The highest BCUT2D eigenvalue weighted by molar-refractivity contribution is 5.69. The number of aliphatic hydroxyl groups is 6. The van der Waals surface area contributed by atoms with Gasteiger partial charge < -0.3 is 42.1 Å². The Hall–Kier alpha value is -1.55. The molecule has 0 aromatic rings. The first kappa shape index (κ1) is 16.9. The topological polar surface area (TPSA) is 190 Å². The van der Waals surface area contributed by atoms with E-state index in [2.05, 4.69) is 11.5 Å². The number of hydrogen-bond acceptors (Lipinski definition) is 7. The van der Waals surface area contributed by atoms with Crippen molar-refractivity contribution < 1.29 is 35.4 Å². The minimum absolute atomic E-state index is 0.833. The molecule has 96 valence electrons. The highest BCUT2D eigenvalue weighted by Gasteiger charge is 2.33. The molecule has 0 aromatic heterocycles. The summed E-state index contributed by atoms with van der Waals surface area (Å²) in [4.78, 5) is 9.00. The third-order valence-electron chi connectivity index (χ3n) is 1.39. The van der Waals surface area contributed by atoms with Crippen LogP contribution in [0.1, 0.15) is 0 Å². The van der Waals surface area contributed by atoms with Crippen molar-refractivity contribution in [1.29, 1.82) is 0 Å². The molecule has 0 rings (SSSR count). The number of carbonyl (C=O) groups is 1. The first-order valence-corrected chi connectivity index (χ1v) is 3.96. The van der Waals surface area contributed by atoms with E-state index in [0.29, 0.717) is 0 Å². The average molecular weight is 240 g/mol. The van der Waals surface area contributed by atoms with E-state index in [1.165, 1.54) is 0 Å². The number of amides is 2. The maximum Gasteiger partial charge on any atom is 0.309 e. The van der Waals surface area contributed by atoms with Crippen LogP contribution in [0.4, 0.5) is 4.79 Å². The summed E-state index contributed by atoms with van der Waals surface area (Å²) in [6, 6.07) is -0.833. The molecule has 0 fully saturated rings. The Bertz CT molecular complexity index is 245. The monoisotopic (exact) mass is 240 g/mol. The second-order valence-electron chi connectivity index (χ2n) is 2.70. The molecule has 0 heterocycles. The van der Waals surface area contributed by atoms with Crippen LogP contribution < -0.4 is 11.5 Å². The Balaban J connectivity index is 0. The van der Waals surface area contributed by atoms with Gasteiger partial charge in [-0.25, -0.2) is 4.79 Å². The van der Waals surface area contributed by atoms with Crippen LogP contribution in [0, 0.1) is 0 Å². The lowest BCUT2D eigenvalue weighted by molar-refractivity contribution is -0.0571. The van der Waals surface area contributed by atoms with E-state index >= 15 is 0 Å². The normalized spacial score (nSPS) is 12.2. The van der Waals surface area contributed by atoms with E-state index in [4.69, 9.17) is 35.4 Å². The molecule has 0 saturated heterocycles. The van der Waals surface area contributed by atoms with E-state index in [1.54, 1.807) is 0 Å². The highest BCUT2D eigenvalue weighted by Crippen LogP contribution is 2.15. The zero-order chi connectivity index (χ0) is 13.4. The summed E-state index contributed by atoms with van der Waals surface area (Å²) in [5, 5.41) is 52.1. The summed E-state index contributed by atoms with van der Waals surface area (Å²) in [6.07, 6.45) is 0. The summed E-state index contributed by atoms with van der Waals surface area (Å²) < 4.78 is 0. The van der Waals surface area contributed by atoms with Gasteiger partial charge in [0, 0.05) is 0 Å². The van der Waals surface area contributed by atoms with Crippen molar-refractivity contribution in [3.63, 3.8) is 0 Å². The van der Waals surface area contributed by atoms with Crippen molar-refractivity contribution in [2.75, 3.05) is 19.8 Å². The number of urea groups is 1. The number of primary amides is 2. The van der Waals surface area contributed by atoms with Gasteiger partial charge in [0.25, 0.3) is 0 Å². The first-order chi connectivity index (χ1) is 7.25. The summed E-state index contributed by atoms with van der Waals surface area (Å²) in [6.45, 7) is -2.80. The molecule has 9 nitrogen and oxygen atoms in total. The van der Waals surface area contributed by atoms with Crippen molar-refractivity contribution >= 4 is 6.03 Å². The minimum atomic E-state index is -2.30. The van der Waals surface area contributed by atoms with Gasteiger partial charge in [0.15, 0.2) is 17.1 Å². The third kappa shape index (κ3) is 6.03. The van der Waals surface area contributed by atoms with Crippen LogP contribution in [0.15, 0.2) is 11.5 Å². The number of hydrogen-bond donors (Lipinski definition) is 8. The van der Waals surface area contributed by atoms with Gasteiger partial charge in [-0.1, -0.05) is 0 Å². The predicted octanol–water partition coefficient (Wildman–Crippen LogP) is -2.95. The fourth-order valence-corrected chi connectivity index (χ4v) is 0.543. The lowest BCUT2D eigenvalue weighted by Gasteiger charge is -2.22. The maximum atomic E-state index is 9.12. The molecule has 0 bridgehead atoms. The number of carbonyl (C=O) groups excluding carboxylic acids is 1. The maximum absolute atomic E-state index is 9.12. The molecule has 0 atom stereocenters. The summed E-state index contributed by atoms with van der Waals surface area (Å²) in [7, 11) is 0. The highest BCUT2D eigenvalue weighted by atomic mass is 16.4. The van der Waals surface area contributed by atoms with E-state index in [0.717, 1.165) is 0 Å². The third-order valence-corrected chi connectivity index (χ3v) is 1.39. The van der Waals surface area contributed by atoms with Crippen LogP contribution in [0.25, 0.3) is 0 Å². The molecule has 0 radical (unpaired) electrons. The lowest BCUT2D eigenvalue weighted by Crippen LogP contribution is -2.40. The van der Waals surface area contributed by atoms with Crippen LogP contribution >= 0.6 is 0 Å². The fraction of sp³-hybridized carbons (Fsp3) is 0.571. The molecule has 9 heteroatoms. The lowest BCUT2D eigenvalue weighted by atomic mass is 10.0. The standard InChI is InChI=1S/C6H12O6.CH4N2O/c7-1-4(10)5(11)6(12,2-8)3-9;2-1(3)4/h7-12H,1-3H2;(H4,2,3,4). The van der Waals surface area contributed by atoms with Crippen LogP contribution in [0.3, 0.4) is 0 Å². The Morgan fingerprint density at radius 2 is 1.38 bits per heavy atom. The van der Waals surface area contributed by atoms with E-state index in [9.17, 15) is 0 Å². The molecule has 0 aliphatic carbocycles. The summed E-state index contributed by atoms with van der Waals surface area (Å²) in [5.74, 6) is -1.92. The van der Waals surface area contributed by atoms with Gasteiger partial charge in [-0.15, -0.1) is 0 Å². The molecule has 0 aliphatic heterocycles. The van der Waals surface area contributed by atoms with Gasteiger partial charge in [0.1, 0.15) is 6.61 Å². The first-order valence-electron chi connectivity index (χ1n) is 3.96. The van der Waals surface area contributed by atoms with Crippen molar-refractivity contribution in [1.82, 2.24) is 0 Å². The number of rotatable bonds is 4. The molecule has 16 heavy (non-hydrogen) atoms. The van der Waals surface area contributed by atoms with Gasteiger partial charge in [0.2, 0.25) is 0 Å². The van der Waals surface area contributed by atoms with Gasteiger partial charge in [-0.2, -0.15) is 0 Å². The molecule has 10 N–H and O–H groups in total. The quantitative estimate of drug-likeness (QED) is 0.241. The van der Waals surface area contributed by atoms with Gasteiger partial charge in [-0.05, 0) is 0 Å². The molecular weight excluding hydrogens is 224 g/mol. The largest absolute Gasteiger partial charge is 0.506 e. The van der Waals surface area contributed by atoms with Gasteiger partial charge >= 0.3 is 6.03 Å².